The normalized spacial score (nSPS) is 14.8. The topological polar surface area (TPSA) is 143 Å². The minimum Gasteiger partial charge on any atom is -0.425 e. The third-order valence-electron chi connectivity index (χ3n) is 4.72. The minimum absolute atomic E-state index is 0.0351. The Morgan fingerprint density at radius 2 is 1.31 bits per heavy atom. The predicted molar refractivity (Wildman–Crippen MR) is 118 cm³/mol. The van der Waals surface area contributed by atoms with E-state index < -0.39 is 36.9 Å². The van der Waals surface area contributed by atoms with Crippen molar-refractivity contribution in [1.29, 1.82) is 0 Å². The lowest BCUT2D eigenvalue weighted by atomic mass is 10.0. The molecule has 32 heavy (non-hydrogen) atoms. The van der Waals surface area contributed by atoms with Crippen LogP contribution in [-0.4, -0.2) is 63.9 Å². The van der Waals surface area contributed by atoms with Crippen LogP contribution in [0.1, 0.15) is 78.1 Å². The van der Waals surface area contributed by atoms with Crippen LogP contribution < -0.4 is 0 Å². The van der Waals surface area contributed by atoms with E-state index in [-0.39, 0.29) is 17.6 Å². The molecule has 9 heteroatoms. The number of hydrogen-bond donors (Lipinski definition) is 4. The zero-order valence-electron chi connectivity index (χ0n) is 19.4. The second kappa shape index (κ2) is 16.8. The van der Waals surface area contributed by atoms with E-state index in [1.54, 1.807) is 0 Å². The van der Waals surface area contributed by atoms with Crippen LogP contribution in [0.4, 0.5) is 0 Å². The molecule has 0 rings (SSSR count). The van der Waals surface area contributed by atoms with Gasteiger partial charge < -0.3 is 34.6 Å². The first-order chi connectivity index (χ1) is 15.0. The fourth-order valence-corrected chi connectivity index (χ4v) is 2.76. The van der Waals surface area contributed by atoms with Crippen LogP contribution in [0, 0.1) is 0 Å². The van der Waals surface area contributed by atoms with Gasteiger partial charge in [-0.05, 0) is 26.7 Å². The van der Waals surface area contributed by atoms with Crippen LogP contribution >= 0.6 is 0 Å². The number of carbonyl (C=O) groups is 2. The summed E-state index contributed by atoms with van der Waals surface area (Å²) in [6.07, 6.45) is 4.82. The summed E-state index contributed by atoms with van der Waals surface area (Å²) in [6.45, 7) is 9.67. The number of aliphatic hydroxyl groups is 4. The Labute approximate surface area is 190 Å². The molecule has 0 saturated heterocycles. The molecule has 0 heterocycles. The van der Waals surface area contributed by atoms with Crippen LogP contribution in [0.25, 0.3) is 0 Å². The molecule has 0 aromatic carbocycles. The summed E-state index contributed by atoms with van der Waals surface area (Å²) in [4.78, 5) is 23.5. The summed E-state index contributed by atoms with van der Waals surface area (Å²) in [5.41, 5.74) is 0.0749. The summed E-state index contributed by atoms with van der Waals surface area (Å²) in [5, 5.41) is 38.5. The highest BCUT2D eigenvalue weighted by Gasteiger charge is 2.42. The van der Waals surface area contributed by atoms with E-state index in [0.717, 1.165) is 51.4 Å². The van der Waals surface area contributed by atoms with Crippen LogP contribution in [0.5, 0.6) is 0 Å². The average molecular weight is 461 g/mol. The molecular weight excluding hydrogens is 420 g/mol. The lowest BCUT2D eigenvalue weighted by Gasteiger charge is -2.31. The van der Waals surface area contributed by atoms with Crippen molar-refractivity contribution in [2.75, 3.05) is 13.2 Å². The van der Waals surface area contributed by atoms with Gasteiger partial charge in [0.1, 0.15) is 0 Å². The largest absolute Gasteiger partial charge is 0.425 e. The lowest BCUT2D eigenvalue weighted by molar-refractivity contribution is -0.303. The van der Waals surface area contributed by atoms with Gasteiger partial charge in [-0.15, -0.1) is 0 Å². The maximum atomic E-state index is 11.9. The molecule has 0 aromatic rings. The zero-order chi connectivity index (χ0) is 24.6. The summed E-state index contributed by atoms with van der Waals surface area (Å²) in [6, 6.07) is 0. The molecule has 0 amide bonds. The van der Waals surface area contributed by atoms with E-state index in [2.05, 4.69) is 13.2 Å². The smallest absolute Gasteiger partial charge is 0.335 e. The van der Waals surface area contributed by atoms with Crippen molar-refractivity contribution in [2.24, 2.45) is 0 Å². The Bertz CT molecular complexity index is 590. The Balaban J connectivity index is 4.21. The average Bonchev–Trinajstić information content (AvgIpc) is 2.73. The number of rotatable bonds is 19. The van der Waals surface area contributed by atoms with Crippen molar-refractivity contribution in [3.05, 3.63) is 24.3 Å². The Morgan fingerprint density at radius 1 is 0.844 bits per heavy atom. The summed E-state index contributed by atoms with van der Waals surface area (Å²) in [5.74, 6) is -4.17. The Kier molecular flexibility index (Phi) is 15.9. The molecular formula is C23H40O9. The fraction of sp³-hybridized carbons (Fsp3) is 0.739. The standard InChI is InChI=1S/C23H40O9/c1-17(2)20(26)31-22(28)23(29,32-21(27)18(3)4)14-12-10-8-6-5-7-9-11-13-15-30-19(25)16-24/h19,22,24-25,28-29H,1,3,5-16H2,2,4H3. The SMILES string of the molecule is C=C(C)C(=O)OC(O)C(O)(CCCCCCCCCCCOC(O)CO)OC(=O)C(=C)C. The third kappa shape index (κ3) is 13.6. The maximum Gasteiger partial charge on any atom is 0.335 e. The van der Waals surface area contributed by atoms with Gasteiger partial charge in [0.25, 0.3) is 12.1 Å². The number of esters is 2. The number of hydrogen-bond acceptors (Lipinski definition) is 9. The molecule has 3 atom stereocenters. The summed E-state index contributed by atoms with van der Waals surface area (Å²) in [7, 11) is 0. The van der Waals surface area contributed by atoms with Gasteiger partial charge in [-0.25, -0.2) is 9.59 Å². The van der Waals surface area contributed by atoms with Crippen molar-refractivity contribution < 1.29 is 44.2 Å². The van der Waals surface area contributed by atoms with Gasteiger partial charge in [0.05, 0.1) is 6.61 Å². The third-order valence-corrected chi connectivity index (χ3v) is 4.72. The highest BCUT2D eigenvalue weighted by molar-refractivity contribution is 5.88. The Morgan fingerprint density at radius 3 is 1.78 bits per heavy atom. The molecule has 4 N–H and O–H groups in total. The van der Waals surface area contributed by atoms with Gasteiger partial charge in [0.15, 0.2) is 6.29 Å². The molecule has 0 saturated carbocycles. The minimum atomic E-state index is -2.37. The first-order valence-corrected chi connectivity index (χ1v) is 11.1. The number of aliphatic hydroxyl groups excluding tert-OH is 3. The van der Waals surface area contributed by atoms with E-state index in [1.807, 2.05) is 0 Å². The molecule has 0 radical (unpaired) electrons. The van der Waals surface area contributed by atoms with E-state index in [4.69, 9.17) is 24.4 Å². The lowest BCUT2D eigenvalue weighted by Crippen LogP contribution is -2.48. The van der Waals surface area contributed by atoms with Gasteiger partial charge >= 0.3 is 11.9 Å². The van der Waals surface area contributed by atoms with Crippen molar-refractivity contribution in [3.8, 4) is 0 Å². The molecule has 0 aliphatic carbocycles. The van der Waals surface area contributed by atoms with Crippen molar-refractivity contribution >= 4 is 11.9 Å². The Hall–Kier alpha value is -1.78. The molecule has 0 aliphatic heterocycles. The van der Waals surface area contributed by atoms with Crippen molar-refractivity contribution in [2.45, 2.75) is 96.4 Å². The van der Waals surface area contributed by atoms with Gasteiger partial charge in [0.2, 0.25) is 0 Å². The molecule has 0 bridgehead atoms. The summed E-state index contributed by atoms with van der Waals surface area (Å²) < 4.78 is 14.7. The second-order valence-corrected chi connectivity index (χ2v) is 7.99. The molecule has 186 valence electrons. The van der Waals surface area contributed by atoms with E-state index >= 15 is 0 Å². The molecule has 0 spiro atoms. The van der Waals surface area contributed by atoms with Gasteiger partial charge in [0, 0.05) is 24.2 Å². The molecule has 0 aliphatic rings. The fourth-order valence-electron chi connectivity index (χ4n) is 2.76. The number of unbranched alkanes of at least 4 members (excludes halogenated alkanes) is 8. The predicted octanol–water partition coefficient (Wildman–Crippen LogP) is 2.46. The van der Waals surface area contributed by atoms with Crippen LogP contribution in [0.2, 0.25) is 0 Å². The number of carbonyl (C=O) groups excluding carboxylic acids is 2. The van der Waals surface area contributed by atoms with Crippen molar-refractivity contribution in [3.63, 3.8) is 0 Å². The first-order valence-electron chi connectivity index (χ1n) is 11.1. The molecule has 0 aromatic heterocycles. The van der Waals surface area contributed by atoms with E-state index in [0.29, 0.717) is 13.0 Å². The molecule has 0 fully saturated rings. The number of ether oxygens (including phenoxy) is 3. The van der Waals surface area contributed by atoms with Gasteiger partial charge in [-0.3, -0.25) is 0 Å². The summed E-state index contributed by atoms with van der Waals surface area (Å²) >= 11 is 0. The molecule has 3 unspecified atom stereocenters. The highest BCUT2D eigenvalue weighted by atomic mass is 16.7. The first kappa shape index (κ1) is 30.2. The van der Waals surface area contributed by atoms with Gasteiger partial charge in [-0.2, -0.15) is 0 Å². The quantitative estimate of drug-likeness (QED) is 0.0989. The molecule has 9 nitrogen and oxygen atoms in total. The second-order valence-electron chi connectivity index (χ2n) is 7.99. The maximum absolute atomic E-state index is 11.9. The van der Waals surface area contributed by atoms with Crippen LogP contribution in [-0.2, 0) is 23.8 Å². The van der Waals surface area contributed by atoms with Gasteiger partial charge in [-0.1, -0.05) is 58.1 Å². The van der Waals surface area contributed by atoms with Crippen molar-refractivity contribution in [1.82, 2.24) is 0 Å². The monoisotopic (exact) mass is 460 g/mol. The zero-order valence-corrected chi connectivity index (χ0v) is 19.4. The van der Waals surface area contributed by atoms with Crippen LogP contribution in [0.15, 0.2) is 24.3 Å². The highest BCUT2D eigenvalue weighted by Crippen LogP contribution is 2.25. The van der Waals surface area contributed by atoms with E-state index in [9.17, 15) is 19.8 Å². The van der Waals surface area contributed by atoms with E-state index in [1.165, 1.54) is 13.8 Å². The van der Waals surface area contributed by atoms with Crippen LogP contribution in [0.3, 0.4) is 0 Å².